The normalized spacial score (nSPS) is 17.0. The summed E-state index contributed by atoms with van der Waals surface area (Å²) in [6.45, 7) is 6.53. The third-order valence-electron chi connectivity index (χ3n) is 4.56. The van der Waals surface area contributed by atoms with Crippen LogP contribution in [0.25, 0.3) is 0 Å². The van der Waals surface area contributed by atoms with Gasteiger partial charge in [-0.1, -0.05) is 29.3 Å². The van der Waals surface area contributed by atoms with Crippen LogP contribution >= 0.6 is 23.2 Å². The lowest BCUT2D eigenvalue weighted by Crippen LogP contribution is -2.47. The number of likely N-dealkylation sites (tertiary alicyclic amines) is 1. The number of hydrogen-bond acceptors (Lipinski definition) is 2. The second-order valence-electron chi connectivity index (χ2n) is 6.24. The van der Waals surface area contributed by atoms with Gasteiger partial charge in [-0.25, -0.2) is 0 Å². The number of carbonyl (C=O) groups excluding carboxylic acids is 1. The minimum Gasteiger partial charge on any atom is -0.342 e. The van der Waals surface area contributed by atoms with Gasteiger partial charge < -0.3 is 9.80 Å². The standard InChI is InChI=1S/C17H24Cl2N2O/c1-12(2)21-9-7-13(8-10-21)20(3)17(22)11-14-15(18)5-4-6-16(14)19/h4-6,12-13H,7-11H2,1-3H3. The van der Waals surface area contributed by atoms with Crippen LogP contribution in [0, 0.1) is 0 Å². The van der Waals surface area contributed by atoms with Crippen LogP contribution in [-0.2, 0) is 11.2 Å². The number of nitrogens with zero attached hydrogens (tertiary/aromatic N) is 2. The molecule has 0 aliphatic carbocycles. The zero-order valence-corrected chi connectivity index (χ0v) is 15.0. The maximum absolute atomic E-state index is 12.5. The molecule has 1 fully saturated rings. The van der Waals surface area contributed by atoms with Crippen LogP contribution in [0.4, 0.5) is 0 Å². The van der Waals surface area contributed by atoms with Crippen molar-refractivity contribution in [3.05, 3.63) is 33.8 Å². The zero-order chi connectivity index (χ0) is 16.3. The van der Waals surface area contributed by atoms with Gasteiger partial charge in [0.1, 0.15) is 0 Å². The highest BCUT2D eigenvalue weighted by Gasteiger charge is 2.26. The van der Waals surface area contributed by atoms with Gasteiger partial charge >= 0.3 is 0 Å². The van der Waals surface area contributed by atoms with Crippen molar-refractivity contribution in [2.24, 2.45) is 0 Å². The first-order valence-corrected chi connectivity index (χ1v) is 8.58. The first-order chi connectivity index (χ1) is 10.4. The highest BCUT2D eigenvalue weighted by molar-refractivity contribution is 6.36. The smallest absolute Gasteiger partial charge is 0.227 e. The van der Waals surface area contributed by atoms with E-state index in [9.17, 15) is 4.79 Å². The number of hydrogen-bond donors (Lipinski definition) is 0. The monoisotopic (exact) mass is 342 g/mol. The van der Waals surface area contributed by atoms with E-state index >= 15 is 0 Å². The highest BCUT2D eigenvalue weighted by Crippen LogP contribution is 2.26. The van der Waals surface area contributed by atoms with Crippen molar-refractivity contribution < 1.29 is 4.79 Å². The van der Waals surface area contributed by atoms with Crippen molar-refractivity contribution in [1.29, 1.82) is 0 Å². The van der Waals surface area contributed by atoms with Gasteiger partial charge in [-0.05, 0) is 44.4 Å². The van der Waals surface area contributed by atoms with Crippen LogP contribution in [0.5, 0.6) is 0 Å². The Balaban J connectivity index is 1.96. The molecule has 122 valence electrons. The average Bonchev–Trinajstić information content (AvgIpc) is 2.50. The number of piperidine rings is 1. The maximum atomic E-state index is 12.5. The fourth-order valence-electron chi connectivity index (χ4n) is 2.97. The SMILES string of the molecule is CC(C)N1CCC(N(C)C(=O)Cc2c(Cl)cccc2Cl)CC1. The molecule has 1 aliphatic heterocycles. The average molecular weight is 343 g/mol. The molecule has 5 heteroatoms. The van der Waals surface area contributed by atoms with Crippen LogP contribution in [0.3, 0.4) is 0 Å². The molecule has 1 aromatic rings. The van der Waals surface area contributed by atoms with Crippen LogP contribution in [-0.4, -0.2) is 47.9 Å². The molecule has 1 aliphatic rings. The lowest BCUT2D eigenvalue weighted by molar-refractivity contribution is -0.132. The largest absolute Gasteiger partial charge is 0.342 e. The minimum absolute atomic E-state index is 0.0815. The predicted molar refractivity (Wildman–Crippen MR) is 92.7 cm³/mol. The summed E-state index contributed by atoms with van der Waals surface area (Å²) in [4.78, 5) is 16.9. The van der Waals surface area contributed by atoms with Gasteiger partial charge in [0, 0.05) is 42.3 Å². The Hall–Kier alpha value is -0.770. The summed E-state index contributed by atoms with van der Waals surface area (Å²) >= 11 is 12.3. The third kappa shape index (κ3) is 4.15. The number of carbonyl (C=O) groups is 1. The van der Waals surface area contributed by atoms with Crippen molar-refractivity contribution >= 4 is 29.1 Å². The first-order valence-electron chi connectivity index (χ1n) is 7.82. The zero-order valence-electron chi connectivity index (χ0n) is 13.5. The molecule has 1 heterocycles. The van der Waals surface area contributed by atoms with E-state index in [4.69, 9.17) is 23.2 Å². The van der Waals surface area contributed by atoms with Crippen molar-refractivity contribution in [3.63, 3.8) is 0 Å². The van der Waals surface area contributed by atoms with Gasteiger partial charge in [0.2, 0.25) is 5.91 Å². The Bertz CT molecular complexity index is 505. The van der Waals surface area contributed by atoms with E-state index in [1.165, 1.54) is 0 Å². The summed E-state index contributed by atoms with van der Waals surface area (Å²) in [7, 11) is 1.89. The molecule has 0 bridgehead atoms. The molecule has 0 radical (unpaired) electrons. The molecule has 0 atom stereocenters. The van der Waals surface area contributed by atoms with Gasteiger partial charge in [0.25, 0.3) is 0 Å². The molecule has 3 nitrogen and oxygen atoms in total. The molecule has 1 saturated heterocycles. The number of rotatable bonds is 4. The lowest BCUT2D eigenvalue weighted by Gasteiger charge is -2.38. The molecule has 0 spiro atoms. The summed E-state index contributed by atoms with van der Waals surface area (Å²) < 4.78 is 0. The van der Waals surface area contributed by atoms with Crippen LogP contribution < -0.4 is 0 Å². The van der Waals surface area contributed by atoms with Crippen LogP contribution in [0.15, 0.2) is 18.2 Å². The molecule has 0 saturated carbocycles. The van der Waals surface area contributed by atoms with Gasteiger partial charge in [0.05, 0.1) is 6.42 Å². The Labute approximate surface area is 143 Å². The Morgan fingerprint density at radius 3 is 2.32 bits per heavy atom. The Morgan fingerprint density at radius 2 is 1.82 bits per heavy atom. The van der Waals surface area contributed by atoms with E-state index in [1.54, 1.807) is 18.2 Å². The van der Waals surface area contributed by atoms with E-state index in [1.807, 2.05) is 11.9 Å². The van der Waals surface area contributed by atoms with Crippen LogP contribution in [0.2, 0.25) is 10.0 Å². The number of amides is 1. The van der Waals surface area contributed by atoms with E-state index in [0.29, 0.717) is 22.1 Å². The fourth-order valence-corrected chi connectivity index (χ4v) is 3.50. The molecule has 0 aromatic heterocycles. The minimum atomic E-state index is 0.0815. The van der Waals surface area contributed by atoms with Crippen molar-refractivity contribution in [2.45, 2.75) is 45.2 Å². The Morgan fingerprint density at radius 1 is 1.27 bits per heavy atom. The summed E-state index contributed by atoms with van der Waals surface area (Å²) in [6, 6.07) is 6.23. The molecule has 0 unspecified atom stereocenters. The van der Waals surface area contributed by atoms with Crippen LogP contribution in [0.1, 0.15) is 32.3 Å². The second-order valence-corrected chi connectivity index (χ2v) is 7.06. The van der Waals surface area contributed by atoms with E-state index in [0.717, 1.165) is 31.5 Å². The molecular weight excluding hydrogens is 319 g/mol. The molecule has 2 rings (SSSR count). The van der Waals surface area contributed by atoms with E-state index in [2.05, 4.69) is 18.7 Å². The quantitative estimate of drug-likeness (QED) is 0.829. The molecule has 0 N–H and O–H groups in total. The molecule has 1 amide bonds. The number of halogens is 2. The Kier molecular flexibility index (Phi) is 6.13. The van der Waals surface area contributed by atoms with E-state index < -0.39 is 0 Å². The fraction of sp³-hybridized carbons (Fsp3) is 0.588. The summed E-state index contributed by atoms with van der Waals surface area (Å²) in [6.07, 6.45) is 2.31. The summed E-state index contributed by atoms with van der Waals surface area (Å²) in [5.41, 5.74) is 0.724. The maximum Gasteiger partial charge on any atom is 0.227 e. The van der Waals surface area contributed by atoms with Gasteiger partial charge in [-0.15, -0.1) is 0 Å². The highest BCUT2D eigenvalue weighted by atomic mass is 35.5. The summed E-state index contributed by atoms with van der Waals surface area (Å²) in [5.74, 6) is 0.0815. The second kappa shape index (κ2) is 7.67. The van der Waals surface area contributed by atoms with Crippen molar-refractivity contribution in [1.82, 2.24) is 9.80 Å². The number of likely N-dealkylation sites (N-methyl/N-ethyl adjacent to an activating group) is 1. The molecular formula is C17H24Cl2N2O. The number of benzene rings is 1. The van der Waals surface area contributed by atoms with Gasteiger partial charge in [-0.2, -0.15) is 0 Å². The molecule has 1 aromatic carbocycles. The van der Waals surface area contributed by atoms with E-state index in [-0.39, 0.29) is 12.3 Å². The van der Waals surface area contributed by atoms with Gasteiger partial charge in [-0.3, -0.25) is 4.79 Å². The lowest BCUT2D eigenvalue weighted by atomic mass is 10.0. The van der Waals surface area contributed by atoms with Crippen molar-refractivity contribution in [2.75, 3.05) is 20.1 Å². The third-order valence-corrected chi connectivity index (χ3v) is 5.27. The summed E-state index contributed by atoms with van der Waals surface area (Å²) in [5, 5.41) is 1.12. The van der Waals surface area contributed by atoms with Crippen molar-refractivity contribution in [3.8, 4) is 0 Å². The van der Waals surface area contributed by atoms with Gasteiger partial charge in [0.15, 0.2) is 0 Å². The molecule has 22 heavy (non-hydrogen) atoms. The first kappa shape index (κ1) is 17.6. The topological polar surface area (TPSA) is 23.6 Å². The predicted octanol–water partition coefficient (Wildman–Crippen LogP) is 3.87.